The molecule has 0 atom stereocenters. The van der Waals surface area contributed by atoms with E-state index in [1.54, 1.807) is 18.3 Å². The van der Waals surface area contributed by atoms with Crippen LogP contribution in [0, 0.1) is 0 Å². The second-order valence-electron chi connectivity index (χ2n) is 5.67. The molecule has 0 spiro atoms. The summed E-state index contributed by atoms with van der Waals surface area (Å²) < 4.78 is 0. The van der Waals surface area contributed by atoms with Gasteiger partial charge in [0.2, 0.25) is 0 Å². The lowest BCUT2D eigenvalue weighted by Crippen LogP contribution is -2.25. The Morgan fingerprint density at radius 1 is 0.880 bits per heavy atom. The predicted octanol–water partition coefficient (Wildman–Crippen LogP) is 4.44. The van der Waals surface area contributed by atoms with Crippen LogP contribution in [0.25, 0.3) is 11.6 Å². The molecule has 3 nitrogen and oxygen atoms in total. The average molecular weight is 328 g/mol. The highest BCUT2D eigenvalue weighted by Gasteiger charge is 2.07. The van der Waals surface area contributed by atoms with Gasteiger partial charge in [0.25, 0.3) is 5.91 Å². The molecule has 0 saturated carbocycles. The molecule has 0 aliphatic carbocycles. The first kappa shape index (κ1) is 16.7. The third kappa shape index (κ3) is 4.88. The van der Waals surface area contributed by atoms with E-state index < -0.39 is 0 Å². The SMILES string of the molecule is O=C(NCC/C(=C\c1ccccc1)c1ccccc1)c1ccccn1. The zero-order valence-corrected chi connectivity index (χ0v) is 13.9. The summed E-state index contributed by atoms with van der Waals surface area (Å²) in [4.78, 5) is 16.2. The van der Waals surface area contributed by atoms with Crippen molar-refractivity contribution in [2.24, 2.45) is 0 Å². The maximum atomic E-state index is 12.1. The molecule has 1 amide bonds. The van der Waals surface area contributed by atoms with Gasteiger partial charge in [-0.2, -0.15) is 0 Å². The lowest BCUT2D eigenvalue weighted by atomic mass is 10.00. The van der Waals surface area contributed by atoms with Crippen molar-refractivity contribution in [2.75, 3.05) is 6.54 Å². The Balaban J connectivity index is 1.71. The molecular weight excluding hydrogens is 308 g/mol. The van der Waals surface area contributed by atoms with Crippen molar-refractivity contribution in [3.8, 4) is 0 Å². The molecule has 0 saturated heterocycles. The summed E-state index contributed by atoms with van der Waals surface area (Å²) in [6, 6.07) is 25.8. The minimum atomic E-state index is -0.146. The molecule has 1 aromatic heterocycles. The predicted molar refractivity (Wildman–Crippen MR) is 102 cm³/mol. The molecule has 1 N–H and O–H groups in total. The van der Waals surface area contributed by atoms with Crippen LogP contribution in [-0.4, -0.2) is 17.4 Å². The molecule has 3 heteroatoms. The molecule has 0 radical (unpaired) electrons. The van der Waals surface area contributed by atoms with Gasteiger partial charge in [-0.15, -0.1) is 0 Å². The smallest absolute Gasteiger partial charge is 0.269 e. The van der Waals surface area contributed by atoms with Crippen LogP contribution in [0.5, 0.6) is 0 Å². The standard InChI is InChI=1S/C22H20N2O/c25-22(21-13-7-8-15-23-21)24-16-14-20(19-11-5-2-6-12-19)17-18-9-3-1-4-10-18/h1-13,15,17H,14,16H2,(H,24,25)/b20-17+. The lowest BCUT2D eigenvalue weighted by molar-refractivity contribution is 0.0949. The van der Waals surface area contributed by atoms with Gasteiger partial charge in [0.15, 0.2) is 0 Å². The van der Waals surface area contributed by atoms with E-state index in [1.807, 2.05) is 42.5 Å². The Bertz CT molecular complexity index is 828. The van der Waals surface area contributed by atoms with Gasteiger partial charge in [-0.25, -0.2) is 0 Å². The normalized spacial score (nSPS) is 11.1. The number of benzene rings is 2. The number of pyridine rings is 1. The first-order valence-electron chi connectivity index (χ1n) is 8.33. The van der Waals surface area contributed by atoms with Crippen LogP contribution in [-0.2, 0) is 0 Å². The Morgan fingerprint density at radius 2 is 1.56 bits per heavy atom. The van der Waals surface area contributed by atoms with Crippen LogP contribution in [0.15, 0.2) is 85.1 Å². The highest BCUT2D eigenvalue weighted by Crippen LogP contribution is 2.21. The second-order valence-corrected chi connectivity index (χ2v) is 5.67. The molecule has 25 heavy (non-hydrogen) atoms. The van der Waals surface area contributed by atoms with E-state index in [0.29, 0.717) is 12.2 Å². The van der Waals surface area contributed by atoms with E-state index in [2.05, 4.69) is 40.6 Å². The van der Waals surface area contributed by atoms with Crippen molar-refractivity contribution in [3.05, 3.63) is 102 Å². The summed E-state index contributed by atoms with van der Waals surface area (Å²) in [5.41, 5.74) is 3.94. The summed E-state index contributed by atoms with van der Waals surface area (Å²) in [5.74, 6) is -0.146. The Labute approximate surface area is 148 Å². The minimum absolute atomic E-state index is 0.146. The maximum absolute atomic E-state index is 12.1. The maximum Gasteiger partial charge on any atom is 0.269 e. The van der Waals surface area contributed by atoms with Crippen molar-refractivity contribution in [3.63, 3.8) is 0 Å². The Morgan fingerprint density at radius 3 is 2.24 bits per heavy atom. The van der Waals surface area contributed by atoms with E-state index >= 15 is 0 Å². The van der Waals surface area contributed by atoms with Gasteiger partial charge in [-0.3, -0.25) is 9.78 Å². The van der Waals surface area contributed by atoms with E-state index in [-0.39, 0.29) is 5.91 Å². The van der Waals surface area contributed by atoms with Crippen LogP contribution in [0.1, 0.15) is 28.0 Å². The second kappa shape index (κ2) is 8.60. The largest absolute Gasteiger partial charge is 0.350 e. The van der Waals surface area contributed by atoms with E-state index in [1.165, 1.54) is 11.1 Å². The van der Waals surface area contributed by atoms with E-state index in [4.69, 9.17) is 0 Å². The first-order chi connectivity index (χ1) is 12.3. The van der Waals surface area contributed by atoms with Crippen LogP contribution < -0.4 is 5.32 Å². The van der Waals surface area contributed by atoms with E-state index in [0.717, 1.165) is 12.0 Å². The van der Waals surface area contributed by atoms with Crippen LogP contribution in [0.4, 0.5) is 0 Å². The van der Waals surface area contributed by atoms with Crippen LogP contribution in [0.3, 0.4) is 0 Å². The number of rotatable bonds is 6. The molecule has 0 bridgehead atoms. The third-order valence-corrected chi connectivity index (χ3v) is 3.86. The highest BCUT2D eigenvalue weighted by molar-refractivity contribution is 5.92. The van der Waals surface area contributed by atoms with Gasteiger partial charge >= 0.3 is 0 Å². The monoisotopic (exact) mass is 328 g/mol. The summed E-state index contributed by atoms with van der Waals surface area (Å²) in [5, 5.41) is 2.94. The van der Waals surface area contributed by atoms with Gasteiger partial charge in [0.05, 0.1) is 0 Å². The number of hydrogen-bond acceptors (Lipinski definition) is 2. The fourth-order valence-corrected chi connectivity index (χ4v) is 2.60. The molecule has 124 valence electrons. The number of nitrogens with one attached hydrogen (secondary N) is 1. The molecule has 3 aromatic rings. The summed E-state index contributed by atoms with van der Waals surface area (Å²) in [7, 11) is 0. The van der Waals surface area contributed by atoms with Crippen molar-refractivity contribution >= 4 is 17.6 Å². The highest BCUT2D eigenvalue weighted by atomic mass is 16.1. The first-order valence-corrected chi connectivity index (χ1v) is 8.33. The number of carbonyl (C=O) groups is 1. The number of hydrogen-bond donors (Lipinski definition) is 1. The summed E-state index contributed by atoms with van der Waals surface area (Å²) in [6.45, 7) is 0.559. The van der Waals surface area contributed by atoms with Crippen molar-refractivity contribution in [1.29, 1.82) is 0 Å². The number of carbonyl (C=O) groups excluding carboxylic acids is 1. The van der Waals surface area contributed by atoms with Gasteiger partial charge in [-0.05, 0) is 35.3 Å². The van der Waals surface area contributed by atoms with Crippen LogP contribution >= 0.6 is 0 Å². The quantitative estimate of drug-likeness (QED) is 0.680. The molecular formula is C22H20N2O. The van der Waals surface area contributed by atoms with Gasteiger partial charge < -0.3 is 5.32 Å². The van der Waals surface area contributed by atoms with Crippen molar-refractivity contribution in [1.82, 2.24) is 10.3 Å². The Hall–Kier alpha value is -3.20. The fourth-order valence-electron chi connectivity index (χ4n) is 2.60. The molecule has 0 unspecified atom stereocenters. The number of amides is 1. The van der Waals surface area contributed by atoms with Gasteiger partial charge in [0, 0.05) is 12.7 Å². The topological polar surface area (TPSA) is 42.0 Å². The zero-order chi connectivity index (χ0) is 17.3. The van der Waals surface area contributed by atoms with Gasteiger partial charge in [-0.1, -0.05) is 72.8 Å². The average Bonchev–Trinajstić information content (AvgIpc) is 2.69. The third-order valence-electron chi connectivity index (χ3n) is 3.86. The molecule has 1 heterocycles. The zero-order valence-electron chi connectivity index (χ0n) is 13.9. The molecule has 3 rings (SSSR count). The molecule has 0 aliphatic rings. The summed E-state index contributed by atoms with van der Waals surface area (Å²) >= 11 is 0. The fraction of sp³-hybridized carbons (Fsp3) is 0.0909. The number of nitrogens with zero attached hydrogens (tertiary/aromatic N) is 1. The minimum Gasteiger partial charge on any atom is -0.350 e. The van der Waals surface area contributed by atoms with Crippen molar-refractivity contribution in [2.45, 2.75) is 6.42 Å². The number of aromatic nitrogens is 1. The molecule has 0 fully saturated rings. The Kier molecular flexibility index (Phi) is 5.73. The summed E-state index contributed by atoms with van der Waals surface area (Å²) in [6.07, 6.45) is 4.54. The molecule has 2 aromatic carbocycles. The van der Waals surface area contributed by atoms with Crippen molar-refractivity contribution < 1.29 is 4.79 Å². The van der Waals surface area contributed by atoms with Gasteiger partial charge in [0.1, 0.15) is 5.69 Å². The van der Waals surface area contributed by atoms with Crippen LogP contribution in [0.2, 0.25) is 0 Å². The van der Waals surface area contributed by atoms with E-state index in [9.17, 15) is 4.79 Å². The molecule has 0 aliphatic heterocycles. The lowest BCUT2D eigenvalue weighted by Gasteiger charge is -2.10.